The molecule has 2 rings (SSSR count). The summed E-state index contributed by atoms with van der Waals surface area (Å²) in [6.45, 7) is 0.126. The molecule has 6 heteroatoms. The van der Waals surface area contributed by atoms with Crippen LogP contribution in [0, 0.1) is 5.82 Å². The quantitative estimate of drug-likeness (QED) is 0.746. The van der Waals surface area contributed by atoms with Crippen molar-refractivity contribution in [2.24, 2.45) is 0 Å². The number of nitrogens with zero attached hydrogens (tertiary/aromatic N) is 1. The highest BCUT2D eigenvalue weighted by Crippen LogP contribution is 2.22. The van der Waals surface area contributed by atoms with E-state index in [4.69, 9.17) is 11.6 Å². The molecule has 1 saturated heterocycles. The first-order valence-electron chi connectivity index (χ1n) is 4.59. The molecule has 1 aromatic rings. The van der Waals surface area contributed by atoms with Crippen LogP contribution in [0.15, 0.2) is 18.2 Å². The topological polar surface area (TPSA) is 49.4 Å². The highest BCUT2D eigenvalue weighted by molar-refractivity contribution is 6.31. The van der Waals surface area contributed by atoms with Crippen LogP contribution in [0.4, 0.5) is 10.1 Å². The normalized spacial score (nSPS) is 16.2. The molecular weight excluding hydrogens is 235 g/mol. The smallest absolute Gasteiger partial charge is 0.246 e. The Kier molecular flexibility index (Phi) is 2.78. The summed E-state index contributed by atoms with van der Waals surface area (Å²) in [6, 6.07) is 4.07. The lowest BCUT2D eigenvalue weighted by atomic mass is 10.2. The summed E-state index contributed by atoms with van der Waals surface area (Å²) >= 11 is 5.62. The number of carbonyl (C=O) groups is 2. The molecule has 84 valence electrons. The van der Waals surface area contributed by atoms with E-state index < -0.39 is 5.82 Å². The Morgan fingerprint density at radius 3 is 2.44 bits per heavy atom. The number of nitrogens with one attached hydrogen (secondary N) is 1. The molecule has 0 saturated carbocycles. The minimum absolute atomic E-state index is 0.0315. The molecule has 0 radical (unpaired) electrons. The largest absolute Gasteiger partial charge is 0.353 e. The van der Waals surface area contributed by atoms with Gasteiger partial charge in [0.05, 0.1) is 18.1 Å². The first-order valence-corrected chi connectivity index (χ1v) is 4.97. The Morgan fingerprint density at radius 1 is 1.25 bits per heavy atom. The van der Waals surface area contributed by atoms with E-state index in [-0.39, 0.29) is 29.9 Å². The van der Waals surface area contributed by atoms with Gasteiger partial charge in [-0.05, 0) is 18.2 Å². The number of amides is 2. The Balaban J connectivity index is 2.26. The number of hydrogen-bond acceptors (Lipinski definition) is 3. The van der Waals surface area contributed by atoms with E-state index in [2.05, 4.69) is 5.32 Å². The predicted molar refractivity (Wildman–Crippen MR) is 56.8 cm³/mol. The Labute approximate surface area is 96.0 Å². The Morgan fingerprint density at radius 2 is 1.88 bits per heavy atom. The summed E-state index contributed by atoms with van der Waals surface area (Å²) in [4.78, 5) is 23.8. The van der Waals surface area contributed by atoms with Crippen molar-refractivity contribution in [1.82, 2.24) is 5.32 Å². The number of benzene rings is 1. The van der Waals surface area contributed by atoms with Gasteiger partial charge in [0.15, 0.2) is 0 Å². The minimum atomic E-state index is -0.529. The van der Waals surface area contributed by atoms with Gasteiger partial charge in [0, 0.05) is 5.69 Å². The zero-order valence-electron chi connectivity index (χ0n) is 8.17. The molecule has 1 aliphatic rings. The fourth-order valence-electron chi connectivity index (χ4n) is 1.50. The van der Waals surface area contributed by atoms with E-state index in [9.17, 15) is 14.0 Å². The van der Waals surface area contributed by atoms with Crippen LogP contribution in [0.1, 0.15) is 0 Å². The van der Waals surface area contributed by atoms with Crippen LogP contribution in [0.2, 0.25) is 5.02 Å². The van der Waals surface area contributed by atoms with Crippen molar-refractivity contribution in [2.75, 3.05) is 18.0 Å². The van der Waals surface area contributed by atoms with Crippen molar-refractivity contribution < 1.29 is 14.0 Å². The third-order valence-electron chi connectivity index (χ3n) is 2.22. The second kappa shape index (κ2) is 4.09. The van der Waals surface area contributed by atoms with Gasteiger partial charge in [-0.1, -0.05) is 11.6 Å². The molecule has 0 unspecified atom stereocenters. The van der Waals surface area contributed by atoms with Crippen molar-refractivity contribution >= 4 is 29.1 Å². The zero-order chi connectivity index (χ0) is 11.7. The highest BCUT2D eigenvalue weighted by Gasteiger charge is 2.22. The number of carbonyl (C=O) groups excluding carboxylic acids is 2. The zero-order valence-corrected chi connectivity index (χ0v) is 8.92. The molecular formula is C10H8ClFN2O2. The number of imide groups is 1. The van der Waals surface area contributed by atoms with Crippen LogP contribution < -0.4 is 10.2 Å². The molecule has 16 heavy (non-hydrogen) atoms. The molecule has 1 aliphatic heterocycles. The number of anilines is 1. The van der Waals surface area contributed by atoms with E-state index in [1.807, 2.05) is 0 Å². The van der Waals surface area contributed by atoms with E-state index in [0.29, 0.717) is 5.69 Å². The monoisotopic (exact) mass is 242 g/mol. The second-order valence-electron chi connectivity index (χ2n) is 3.43. The third-order valence-corrected chi connectivity index (χ3v) is 2.51. The molecule has 1 fully saturated rings. The molecule has 2 amide bonds. The maximum absolute atomic E-state index is 12.9. The van der Waals surface area contributed by atoms with Gasteiger partial charge in [0.2, 0.25) is 11.8 Å². The predicted octanol–water partition coefficient (Wildman–Crippen LogP) is 0.942. The molecule has 1 heterocycles. The summed E-state index contributed by atoms with van der Waals surface area (Å²) in [7, 11) is 0. The summed E-state index contributed by atoms with van der Waals surface area (Å²) in [5, 5.41) is 2.15. The third kappa shape index (κ3) is 2.14. The molecule has 1 aromatic carbocycles. The molecule has 0 aromatic heterocycles. The van der Waals surface area contributed by atoms with Gasteiger partial charge < -0.3 is 4.90 Å². The Bertz CT molecular complexity index is 448. The molecule has 0 bridgehead atoms. The SMILES string of the molecule is O=C1CN(c2ccc(F)c(Cl)c2)CC(=O)N1. The molecule has 0 atom stereocenters. The standard InChI is InChI=1S/C10H8ClFN2O2/c11-7-3-6(1-2-8(7)12)14-4-9(15)13-10(16)5-14/h1-3H,4-5H2,(H,13,15,16). The van der Waals surface area contributed by atoms with Crippen LogP contribution in [0.3, 0.4) is 0 Å². The number of piperazine rings is 1. The summed E-state index contributed by atoms with van der Waals surface area (Å²) in [5.74, 6) is -1.29. The van der Waals surface area contributed by atoms with Gasteiger partial charge in [-0.15, -0.1) is 0 Å². The summed E-state index contributed by atoms with van der Waals surface area (Å²) in [6.07, 6.45) is 0. The van der Waals surface area contributed by atoms with Crippen LogP contribution in [-0.4, -0.2) is 24.9 Å². The van der Waals surface area contributed by atoms with Gasteiger partial charge >= 0.3 is 0 Å². The fourth-order valence-corrected chi connectivity index (χ4v) is 1.68. The number of hydrogen-bond donors (Lipinski definition) is 1. The van der Waals surface area contributed by atoms with Crippen molar-refractivity contribution in [3.8, 4) is 0 Å². The van der Waals surface area contributed by atoms with Crippen LogP contribution in [-0.2, 0) is 9.59 Å². The maximum atomic E-state index is 12.9. The fraction of sp³-hybridized carbons (Fsp3) is 0.200. The molecule has 0 aliphatic carbocycles. The number of halogens is 2. The van der Waals surface area contributed by atoms with E-state index >= 15 is 0 Å². The lowest BCUT2D eigenvalue weighted by molar-refractivity contribution is -0.130. The lowest BCUT2D eigenvalue weighted by Gasteiger charge is -2.27. The van der Waals surface area contributed by atoms with Crippen LogP contribution in [0.25, 0.3) is 0 Å². The van der Waals surface area contributed by atoms with E-state index in [1.165, 1.54) is 23.1 Å². The van der Waals surface area contributed by atoms with Crippen molar-refractivity contribution in [2.45, 2.75) is 0 Å². The first kappa shape index (κ1) is 10.9. The maximum Gasteiger partial charge on any atom is 0.246 e. The second-order valence-corrected chi connectivity index (χ2v) is 3.83. The summed E-state index contributed by atoms with van der Waals surface area (Å²) in [5.41, 5.74) is 0.551. The molecule has 1 N–H and O–H groups in total. The highest BCUT2D eigenvalue weighted by atomic mass is 35.5. The van der Waals surface area contributed by atoms with Gasteiger partial charge in [0.25, 0.3) is 0 Å². The van der Waals surface area contributed by atoms with Gasteiger partial charge in [0.1, 0.15) is 5.82 Å². The van der Waals surface area contributed by atoms with E-state index in [1.54, 1.807) is 0 Å². The van der Waals surface area contributed by atoms with Gasteiger partial charge in [-0.25, -0.2) is 4.39 Å². The molecule has 0 spiro atoms. The first-order chi connectivity index (χ1) is 7.56. The van der Waals surface area contributed by atoms with Gasteiger partial charge in [-0.2, -0.15) is 0 Å². The number of rotatable bonds is 1. The van der Waals surface area contributed by atoms with Crippen molar-refractivity contribution in [1.29, 1.82) is 0 Å². The summed E-state index contributed by atoms with van der Waals surface area (Å²) < 4.78 is 12.9. The Hall–Kier alpha value is -1.62. The van der Waals surface area contributed by atoms with Gasteiger partial charge in [-0.3, -0.25) is 14.9 Å². The lowest BCUT2D eigenvalue weighted by Crippen LogP contribution is -2.51. The average molecular weight is 243 g/mol. The van der Waals surface area contributed by atoms with Crippen LogP contribution in [0.5, 0.6) is 0 Å². The van der Waals surface area contributed by atoms with Crippen LogP contribution >= 0.6 is 11.6 Å². The van der Waals surface area contributed by atoms with E-state index in [0.717, 1.165) is 0 Å². The average Bonchev–Trinajstić information content (AvgIpc) is 2.20. The minimum Gasteiger partial charge on any atom is -0.353 e. The van der Waals surface area contributed by atoms with Crippen molar-refractivity contribution in [3.63, 3.8) is 0 Å². The van der Waals surface area contributed by atoms with Crippen molar-refractivity contribution in [3.05, 3.63) is 29.0 Å². The molecule has 4 nitrogen and oxygen atoms in total.